The number of nitrogens with two attached hydrogens (primary N) is 1. The van der Waals surface area contributed by atoms with Gasteiger partial charge in [0.2, 0.25) is 0 Å². The Morgan fingerprint density at radius 1 is 1.20 bits per heavy atom. The van der Waals surface area contributed by atoms with Crippen molar-refractivity contribution in [3.8, 4) is 0 Å². The van der Waals surface area contributed by atoms with Crippen molar-refractivity contribution < 1.29 is 0 Å². The predicted octanol–water partition coefficient (Wildman–Crippen LogP) is 1.07. The normalized spacial score (nSPS) is 14.1. The molecule has 0 aromatic carbocycles. The third-order valence-electron chi connectivity index (χ3n) is 2.07. The van der Waals surface area contributed by atoms with E-state index in [1.54, 1.807) is 0 Å². The Hall–Kier alpha value is -0.0800. The molecule has 1 unspecified atom stereocenters. The van der Waals surface area contributed by atoms with E-state index < -0.39 is 0 Å². The first-order valence-electron chi connectivity index (χ1n) is 4.24. The van der Waals surface area contributed by atoms with Crippen LogP contribution >= 0.6 is 0 Å². The van der Waals surface area contributed by atoms with E-state index in [0.717, 1.165) is 26.1 Å². The van der Waals surface area contributed by atoms with Gasteiger partial charge in [-0.05, 0) is 19.5 Å². The number of hydrogen-bond acceptors (Lipinski definition) is 2. The van der Waals surface area contributed by atoms with Crippen LogP contribution in [0.25, 0.3) is 0 Å². The van der Waals surface area contributed by atoms with Crippen LogP contribution in [0.5, 0.6) is 0 Å². The fraction of sp³-hybridized carbons (Fsp3) is 1.00. The Morgan fingerprint density at radius 2 is 1.70 bits per heavy atom. The molecule has 0 bridgehead atoms. The number of hydrogen-bond donors (Lipinski definition) is 1. The molecule has 1 atom stereocenters. The molecule has 2 nitrogen and oxygen atoms in total. The van der Waals surface area contributed by atoms with Crippen molar-refractivity contribution in [2.75, 3.05) is 19.6 Å². The summed E-state index contributed by atoms with van der Waals surface area (Å²) in [5.41, 5.74) is 5.59. The van der Waals surface area contributed by atoms with E-state index in [9.17, 15) is 0 Å². The summed E-state index contributed by atoms with van der Waals surface area (Å²) in [5, 5.41) is 0. The van der Waals surface area contributed by atoms with Crippen LogP contribution < -0.4 is 5.73 Å². The Labute approximate surface area is 64.4 Å². The van der Waals surface area contributed by atoms with Crippen LogP contribution in [0.15, 0.2) is 0 Å². The Balaban J connectivity index is 3.70. The zero-order valence-electron chi connectivity index (χ0n) is 7.43. The Morgan fingerprint density at radius 3 is 1.80 bits per heavy atom. The molecule has 10 heavy (non-hydrogen) atoms. The predicted molar refractivity (Wildman–Crippen MR) is 46.1 cm³/mol. The highest BCUT2D eigenvalue weighted by atomic mass is 15.1. The third-order valence-corrected chi connectivity index (χ3v) is 2.07. The summed E-state index contributed by atoms with van der Waals surface area (Å²) in [6, 6.07) is 0.593. The van der Waals surface area contributed by atoms with Gasteiger partial charge in [-0.15, -0.1) is 0 Å². The highest BCUT2D eigenvalue weighted by molar-refractivity contribution is 4.67. The van der Waals surface area contributed by atoms with Gasteiger partial charge in [0.25, 0.3) is 0 Å². The lowest BCUT2D eigenvalue weighted by Crippen LogP contribution is -2.39. The van der Waals surface area contributed by atoms with Gasteiger partial charge in [-0.3, -0.25) is 4.90 Å². The van der Waals surface area contributed by atoms with Crippen molar-refractivity contribution in [1.29, 1.82) is 0 Å². The average Bonchev–Trinajstić information content (AvgIpc) is 2.00. The first-order valence-corrected chi connectivity index (χ1v) is 4.24. The number of likely N-dealkylation sites (N-methyl/N-ethyl adjacent to an activating group) is 1. The zero-order valence-corrected chi connectivity index (χ0v) is 7.43. The smallest absolute Gasteiger partial charge is 0.0215 e. The topological polar surface area (TPSA) is 29.3 Å². The summed E-state index contributed by atoms with van der Waals surface area (Å²) < 4.78 is 0. The van der Waals surface area contributed by atoms with E-state index in [-0.39, 0.29) is 0 Å². The molecule has 0 aliphatic rings. The Kier molecular flexibility index (Phi) is 5.64. The third kappa shape index (κ3) is 2.67. The minimum atomic E-state index is 0.593. The molecule has 2 heteroatoms. The second kappa shape index (κ2) is 5.69. The van der Waals surface area contributed by atoms with E-state index >= 15 is 0 Å². The van der Waals surface area contributed by atoms with Gasteiger partial charge >= 0.3 is 0 Å². The minimum absolute atomic E-state index is 0.593. The van der Waals surface area contributed by atoms with Crippen molar-refractivity contribution in [2.24, 2.45) is 5.73 Å². The summed E-state index contributed by atoms with van der Waals surface area (Å²) in [4.78, 5) is 2.40. The molecular formula is C8H20N2. The highest BCUT2D eigenvalue weighted by Gasteiger charge is 2.09. The SMILES string of the molecule is CCC(CN)N(CC)CC. The molecule has 0 aromatic rings. The van der Waals surface area contributed by atoms with Gasteiger partial charge in [-0.25, -0.2) is 0 Å². The molecule has 0 rings (SSSR count). The monoisotopic (exact) mass is 144 g/mol. The molecule has 0 amide bonds. The molecule has 62 valence electrons. The lowest BCUT2D eigenvalue weighted by molar-refractivity contribution is 0.216. The van der Waals surface area contributed by atoms with Crippen LogP contribution in [-0.2, 0) is 0 Å². The van der Waals surface area contributed by atoms with Crippen molar-refractivity contribution in [2.45, 2.75) is 33.2 Å². The first-order chi connectivity index (χ1) is 4.79. The molecule has 0 saturated heterocycles. The maximum atomic E-state index is 5.59. The van der Waals surface area contributed by atoms with Gasteiger partial charge in [0.05, 0.1) is 0 Å². The summed E-state index contributed by atoms with van der Waals surface area (Å²) in [7, 11) is 0. The number of nitrogens with zero attached hydrogens (tertiary/aromatic N) is 1. The average molecular weight is 144 g/mol. The summed E-state index contributed by atoms with van der Waals surface area (Å²) >= 11 is 0. The van der Waals surface area contributed by atoms with Gasteiger partial charge in [0, 0.05) is 12.6 Å². The van der Waals surface area contributed by atoms with E-state index in [0.29, 0.717) is 6.04 Å². The van der Waals surface area contributed by atoms with E-state index in [1.807, 2.05) is 0 Å². The van der Waals surface area contributed by atoms with Crippen molar-refractivity contribution >= 4 is 0 Å². The van der Waals surface area contributed by atoms with Gasteiger partial charge in [0.15, 0.2) is 0 Å². The maximum absolute atomic E-state index is 5.59. The van der Waals surface area contributed by atoms with Crippen LogP contribution in [0.2, 0.25) is 0 Å². The van der Waals surface area contributed by atoms with Crippen LogP contribution in [-0.4, -0.2) is 30.6 Å². The molecule has 0 spiro atoms. The largest absolute Gasteiger partial charge is 0.329 e. The minimum Gasteiger partial charge on any atom is -0.329 e. The molecule has 0 aliphatic carbocycles. The molecule has 0 heterocycles. The first kappa shape index (κ1) is 9.92. The van der Waals surface area contributed by atoms with Crippen molar-refractivity contribution in [1.82, 2.24) is 4.90 Å². The van der Waals surface area contributed by atoms with Crippen molar-refractivity contribution in [3.63, 3.8) is 0 Å². The van der Waals surface area contributed by atoms with Gasteiger partial charge < -0.3 is 5.73 Å². The molecule has 0 radical (unpaired) electrons. The number of rotatable bonds is 5. The molecule has 0 aliphatic heterocycles. The maximum Gasteiger partial charge on any atom is 0.0215 e. The zero-order chi connectivity index (χ0) is 7.98. The van der Waals surface area contributed by atoms with Gasteiger partial charge in [-0.1, -0.05) is 20.8 Å². The van der Waals surface area contributed by atoms with Crippen LogP contribution in [0.3, 0.4) is 0 Å². The van der Waals surface area contributed by atoms with E-state index in [2.05, 4.69) is 25.7 Å². The summed E-state index contributed by atoms with van der Waals surface area (Å²) in [5.74, 6) is 0. The van der Waals surface area contributed by atoms with E-state index in [1.165, 1.54) is 0 Å². The molecule has 0 fully saturated rings. The lowest BCUT2D eigenvalue weighted by atomic mass is 10.2. The quantitative estimate of drug-likeness (QED) is 0.625. The van der Waals surface area contributed by atoms with Crippen LogP contribution in [0.1, 0.15) is 27.2 Å². The van der Waals surface area contributed by atoms with Gasteiger partial charge in [0.1, 0.15) is 0 Å². The standard InChI is InChI=1S/C8H20N2/c1-4-8(7-9)10(5-2)6-3/h8H,4-7,9H2,1-3H3. The van der Waals surface area contributed by atoms with Crippen LogP contribution in [0, 0.1) is 0 Å². The van der Waals surface area contributed by atoms with Crippen molar-refractivity contribution in [3.05, 3.63) is 0 Å². The van der Waals surface area contributed by atoms with Gasteiger partial charge in [-0.2, -0.15) is 0 Å². The van der Waals surface area contributed by atoms with Crippen LogP contribution in [0.4, 0.5) is 0 Å². The molecule has 0 aromatic heterocycles. The summed E-state index contributed by atoms with van der Waals surface area (Å²) in [6.45, 7) is 9.58. The molecule has 0 saturated carbocycles. The second-order valence-corrected chi connectivity index (χ2v) is 2.52. The lowest BCUT2D eigenvalue weighted by Gasteiger charge is -2.27. The fourth-order valence-corrected chi connectivity index (χ4v) is 1.31. The summed E-state index contributed by atoms with van der Waals surface area (Å²) in [6.07, 6.45) is 1.16. The molecule has 2 N–H and O–H groups in total. The fourth-order valence-electron chi connectivity index (χ4n) is 1.31. The highest BCUT2D eigenvalue weighted by Crippen LogP contribution is 2.00. The van der Waals surface area contributed by atoms with E-state index in [4.69, 9.17) is 5.73 Å². The Bertz CT molecular complexity index is 55.7. The molecular weight excluding hydrogens is 124 g/mol. The second-order valence-electron chi connectivity index (χ2n) is 2.52.